The number of rotatable bonds is 2. The Morgan fingerprint density at radius 2 is 1.65 bits per heavy atom. The molecule has 0 aliphatic carbocycles. The number of hydrogen-bond acceptors (Lipinski definition) is 2. The molecular weight excluding hydrogens is 329 g/mol. The summed E-state index contributed by atoms with van der Waals surface area (Å²) in [6.45, 7) is 3.79. The van der Waals surface area contributed by atoms with E-state index in [1.165, 1.54) is 0 Å². The van der Waals surface area contributed by atoms with Gasteiger partial charge in [0.2, 0.25) is 0 Å². The van der Waals surface area contributed by atoms with E-state index in [1.807, 2.05) is 62.4 Å². The van der Waals surface area contributed by atoms with Crippen LogP contribution < -0.4 is 0 Å². The van der Waals surface area contributed by atoms with Crippen LogP contribution in [0.1, 0.15) is 18.1 Å². The third-order valence-electron chi connectivity index (χ3n) is 2.68. The Balaban J connectivity index is 0.000000612. The van der Waals surface area contributed by atoms with Crippen LogP contribution in [0.25, 0.3) is 0 Å². The van der Waals surface area contributed by atoms with Gasteiger partial charge in [0.15, 0.2) is 0 Å². The number of benzene rings is 2. The molecule has 0 saturated heterocycles. The number of nitrogens with zero attached hydrogens (tertiary/aromatic N) is 1. The fourth-order valence-corrected chi connectivity index (χ4v) is 1.71. The molecule has 0 fully saturated rings. The molecular formula is C15H15Cl2NOTi. The Labute approximate surface area is 136 Å². The van der Waals surface area contributed by atoms with Crippen LogP contribution in [0.5, 0.6) is 5.75 Å². The molecule has 0 spiro atoms. The van der Waals surface area contributed by atoms with E-state index in [9.17, 15) is 5.11 Å². The van der Waals surface area contributed by atoms with Crippen molar-refractivity contribution >= 4 is 30.0 Å². The van der Waals surface area contributed by atoms with Crippen LogP contribution >= 0.6 is 18.6 Å². The minimum absolute atomic E-state index is 0.310. The molecule has 2 nitrogen and oxygen atoms in total. The molecule has 0 atom stereocenters. The van der Waals surface area contributed by atoms with E-state index in [0.717, 1.165) is 22.5 Å². The standard InChI is InChI=1S/C15H15NO.2ClH.Ti/c1-11-7-6-10-14(15(11)17)12(2)16-13-8-4-3-5-9-13;;;/h3-10,17H,1-2H3;2*1H;/q;;;+2/p-2. The van der Waals surface area contributed by atoms with Gasteiger partial charge in [0, 0.05) is 11.3 Å². The summed E-state index contributed by atoms with van der Waals surface area (Å²) in [7, 11) is 9.78. The van der Waals surface area contributed by atoms with Crippen LogP contribution in [0, 0.1) is 6.92 Å². The van der Waals surface area contributed by atoms with Gasteiger partial charge in [0.1, 0.15) is 5.75 Å². The van der Waals surface area contributed by atoms with Gasteiger partial charge in [-0.25, -0.2) is 0 Å². The van der Waals surface area contributed by atoms with E-state index < -0.39 is 17.0 Å². The van der Waals surface area contributed by atoms with Crippen LogP contribution in [0.2, 0.25) is 0 Å². The van der Waals surface area contributed by atoms with Crippen molar-refractivity contribution in [3.63, 3.8) is 0 Å². The molecule has 2 rings (SSSR count). The molecule has 0 aliphatic heterocycles. The predicted molar refractivity (Wildman–Crippen MR) is 82.9 cm³/mol. The number of aryl methyl sites for hydroxylation is 1. The zero-order valence-electron chi connectivity index (χ0n) is 11.3. The monoisotopic (exact) mass is 343 g/mol. The van der Waals surface area contributed by atoms with Gasteiger partial charge < -0.3 is 5.11 Å². The molecule has 2 aromatic carbocycles. The second kappa shape index (κ2) is 9.20. The van der Waals surface area contributed by atoms with Gasteiger partial charge in [-0.3, -0.25) is 4.99 Å². The minimum atomic E-state index is -0.556. The Morgan fingerprint density at radius 3 is 2.25 bits per heavy atom. The first-order valence-electron chi connectivity index (χ1n) is 5.95. The third-order valence-corrected chi connectivity index (χ3v) is 2.68. The quantitative estimate of drug-likeness (QED) is 0.588. The first kappa shape index (κ1) is 17.3. The topological polar surface area (TPSA) is 32.6 Å². The van der Waals surface area contributed by atoms with E-state index in [0.29, 0.717) is 5.75 Å². The van der Waals surface area contributed by atoms with Gasteiger partial charge in [-0.2, -0.15) is 0 Å². The van der Waals surface area contributed by atoms with Crippen molar-refractivity contribution in [2.24, 2.45) is 4.99 Å². The number of phenols is 1. The zero-order chi connectivity index (χ0) is 15.0. The Kier molecular flexibility index (Phi) is 7.94. The average molecular weight is 344 g/mol. The van der Waals surface area contributed by atoms with Crippen LogP contribution in [0.15, 0.2) is 53.5 Å². The molecule has 0 radical (unpaired) electrons. The zero-order valence-corrected chi connectivity index (χ0v) is 14.3. The summed E-state index contributed by atoms with van der Waals surface area (Å²) in [6.07, 6.45) is 0. The number of aliphatic imine (C=N–C) groups is 1. The average Bonchev–Trinajstić information content (AvgIpc) is 2.44. The van der Waals surface area contributed by atoms with Crippen molar-refractivity contribution in [2.45, 2.75) is 13.8 Å². The molecule has 5 heteroatoms. The van der Waals surface area contributed by atoms with E-state index in [1.54, 1.807) is 0 Å². The van der Waals surface area contributed by atoms with Crippen molar-refractivity contribution in [1.29, 1.82) is 0 Å². The Hall–Kier alpha value is -0.796. The molecule has 104 valence electrons. The summed E-state index contributed by atoms with van der Waals surface area (Å²) < 4.78 is 0. The van der Waals surface area contributed by atoms with Gasteiger partial charge in [0.05, 0.1) is 5.69 Å². The van der Waals surface area contributed by atoms with Crippen molar-refractivity contribution in [1.82, 2.24) is 0 Å². The van der Waals surface area contributed by atoms with Gasteiger partial charge >= 0.3 is 35.6 Å². The van der Waals surface area contributed by atoms with Crippen molar-refractivity contribution in [3.8, 4) is 5.75 Å². The SMILES string of the molecule is CC(=Nc1ccccc1)c1cccc(C)c1O.[Cl][Ti][Cl]. The number of para-hydroxylation sites is 2. The third kappa shape index (κ3) is 5.30. The maximum atomic E-state index is 9.97. The van der Waals surface area contributed by atoms with Crippen LogP contribution in [0.3, 0.4) is 0 Å². The molecule has 2 aromatic rings. The summed E-state index contributed by atoms with van der Waals surface area (Å²) >= 11 is -0.556. The second-order valence-corrected chi connectivity index (χ2v) is 6.65. The number of hydrogen-bond donors (Lipinski definition) is 1. The van der Waals surface area contributed by atoms with E-state index >= 15 is 0 Å². The molecule has 0 aliphatic rings. The molecule has 0 amide bonds. The molecule has 20 heavy (non-hydrogen) atoms. The molecule has 0 unspecified atom stereocenters. The number of aromatic hydroxyl groups is 1. The van der Waals surface area contributed by atoms with Gasteiger partial charge in [-0.1, -0.05) is 30.3 Å². The molecule has 0 bridgehead atoms. The van der Waals surface area contributed by atoms with E-state index in [-0.39, 0.29) is 0 Å². The molecule has 0 heterocycles. The van der Waals surface area contributed by atoms with Gasteiger partial charge in [-0.05, 0) is 37.6 Å². The van der Waals surface area contributed by atoms with Crippen molar-refractivity contribution < 1.29 is 22.1 Å². The fraction of sp³-hybridized carbons (Fsp3) is 0.133. The van der Waals surface area contributed by atoms with Crippen LogP contribution in [0.4, 0.5) is 5.69 Å². The Bertz CT molecular complexity index is 573. The van der Waals surface area contributed by atoms with E-state index in [2.05, 4.69) is 4.99 Å². The van der Waals surface area contributed by atoms with Crippen LogP contribution in [-0.2, 0) is 17.0 Å². The Morgan fingerprint density at radius 1 is 1.05 bits per heavy atom. The van der Waals surface area contributed by atoms with Crippen molar-refractivity contribution in [2.75, 3.05) is 0 Å². The molecule has 0 saturated carbocycles. The summed E-state index contributed by atoms with van der Waals surface area (Å²) in [4.78, 5) is 4.49. The van der Waals surface area contributed by atoms with Crippen molar-refractivity contribution in [3.05, 3.63) is 59.7 Å². The summed E-state index contributed by atoms with van der Waals surface area (Å²) in [5.41, 5.74) is 3.36. The maximum absolute atomic E-state index is 9.97. The number of phenolic OH excluding ortho intramolecular Hbond substituents is 1. The first-order valence-corrected chi connectivity index (χ1v) is 10.3. The van der Waals surface area contributed by atoms with E-state index in [4.69, 9.17) is 18.6 Å². The predicted octanol–water partition coefficient (Wildman–Crippen LogP) is 5.22. The molecule has 0 aromatic heterocycles. The summed E-state index contributed by atoms with van der Waals surface area (Å²) in [5.74, 6) is 0.310. The second-order valence-electron chi connectivity index (χ2n) is 4.08. The summed E-state index contributed by atoms with van der Waals surface area (Å²) in [6, 6.07) is 15.4. The van der Waals surface area contributed by atoms with Crippen LogP contribution in [-0.4, -0.2) is 10.8 Å². The van der Waals surface area contributed by atoms with Gasteiger partial charge in [0.25, 0.3) is 0 Å². The molecule has 1 N–H and O–H groups in total. The summed E-state index contributed by atoms with van der Waals surface area (Å²) in [5, 5.41) is 9.97. The first-order chi connectivity index (χ1) is 9.60. The fourth-order valence-electron chi connectivity index (χ4n) is 1.71. The normalized spacial score (nSPS) is 10.5. The van der Waals surface area contributed by atoms with Gasteiger partial charge in [-0.15, -0.1) is 0 Å². The number of halogens is 2.